The van der Waals surface area contributed by atoms with Crippen LogP contribution in [-0.2, 0) is 9.59 Å². The SMILES string of the molecule is Cc1ccc(C(=O)[C@@H]2[C@@H]3C(=O)N(c4cccc(Cl)c4)C(=O)[C@@H]3[C@H]3CCC[NH+]32)cc1. The van der Waals surface area contributed by atoms with Crippen molar-refractivity contribution in [3.8, 4) is 0 Å². The van der Waals surface area contributed by atoms with Gasteiger partial charge in [0.25, 0.3) is 0 Å². The number of anilines is 1. The number of aryl methyl sites for hydroxylation is 1. The average molecular weight is 410 g/mol. The fourth-order valence-electron chi connectivity index (χ4n) is 5.51. The van der Waals surface area contributed by atoms with E-state index >= 15 is 0 Å². The molecule has 0 spiro atoms. The molecule has 3 saturated heterocycles. The van der Waals surface area contributed by atoms with E-state index < -0.39 is 17.9 Å². The lowest BCUT2D eigenvalue weighted by molar-refractivity contribution is -0.915. The molecule has 2 amide bonds. The van der Waals surface area contributed by atoms with Crippen LogP contribution in [0.4, 0.5) is 5.69 Å². The number of amides is 2. The maximum absolute atomic E-state index is 13.5. The first kappa shape index (κ1) is 18.5. The molecule has 0 radical (unpaired) electrons. The van der Waals surface area contributed by atoms with Crippen LogP contribution in [0.2, 0.25) is 5.02 Å². The normalized spacial score (nSPS) is 30.6. The van der Waals surface area contributed by atoms with Crippen LogP contribution in [0.5, 0.6) is 0 Å². The van der Waals surface area contributed by atoms with Gasteiger partial charge in [-0.3, -0.25) is 14.4 Å². The number of hydrogen-bond donors (Lipinski definition) is 1. The number of Topliss-reactive ketones (excluding diaryl/α,β-unsaturated/α-hetero) is 1. The van der Waals surface area contributed by atoms with E-state index in [0.29, 0.717) is 16.3 Å². The monoisotopic (exact) mass is 409 g/mol. The van der Waals surface area contributed by atoms with Crippen LogP contribution in [0, 0.1) is 18.8 Å². The maximum atomic E-state index is 13.5. The molecule has 0 bridgehead atoms. The smallest absolute Gasteiger partial charge is 0.244 e. The number of ketones is 1. The minimum absolute atomic E-state index is 0.0278. The minimum Gasteiger partial charge on any atom is -0.322 e. The molecule has 5 atom stereocenters. The van der Waals surface area contributed by atoms with E-state index in [4.69, 9.17) is 11.6 Å². The molecule has 2 aromatic carbocycles. The molecule has 1 N–H and O–H groups in total. The zero-order valence-corrected chi connectivity index (χ0v) is 16.9. The molecule has 29 heavy (non-hydrogen) atoms. The summed E-state index contributed by atoms with van der Waals surface area (Å²) < 4.78 is 0. The highest BCUT2D eigenvalue weighted by Crippen LogP contribution is 2.40. The van der Waals surface area contributed by atoms with Crippen LogP contribution in [0.25, 0.3) is 0 Å². The number of imide groups is 1. The lowest BCUT2D eigenvalue weighted by Gasteiger charge is -2.25. The lowest BCUT2D eigenvalue weighted by atomic mass is 9.85. The largest absolute Gasteiger partial charge is 0.322 e. The van der Waals surface area contributed by atoms with Gasteiger partial charge >= 0.3 is 0 Å². The standard InChI is InChI=1S/C23H21ClN2O3/c1-13-7-9-14(10-8-13)21(27)20-19-18(17-6-3-11-25(17)20)22(28)26(23(19)29)16-5-2-4-15(24)12-16/h2,4-5,7-10,12,17-20H,3,6,11H2,1H3/p+1/t17-,18-,19-,20+/m1/s1. The number of halogens is 1. The molecule has 6 heteroatoms. The van der Waals surface area contributed by atoms with Gasteiger partial charge in [0, 0.05) is 23.4 Å². The average Bonchev–Trinajstić information content (AvgIpc) is 3.34. The van der Waals surface area contributed by atoms with Crippen molar-refractivity contribution < 1.29 is 19.3 Å². The number of fused-ring (bicyclic) bond motifs is 3. The Kier molecular flexibility index (Phi) is 4.33. The van der Waals surface area contributed by atoms with Crippen molar-refractivity contribution in [2.45, 2.75) is 31.8 Å². The Morgan fingerprint density at radius 1 is 1.07 bits per heavy atom. The molecule has 0 saturated carbocycles. The molecule has 0 aromatic heterocycles. The van der Waals surface area contributed by atoms with Gasteiger partial charge in [-0.1, -0.05) is 47.5 Å². The van der Waals surface area contributed by atoms with Gasteiger partial charge < -0.3 is 4.90 Å². The summed E-state index contributed by atoms with van der Waals surface area (Å²) in [5.74, 6) is -1.53. The van der Waals surface area contributed by atoms with Crippen molar-refractivity contribution >= 4 is 34.9 Å². The predicted molar refractivity (Wildman–Crippen MR) is 109 cm³/mol. The molecule has 2 aromatic rings. The van der Waals surface area contributed by atoms with Crippen molar-refractivity contribution in [3.63, 3.8) is 0 Å². The molecule has 3 aliphatic heterocycles. The highest BCUT2D eigenvalue weighted by Gasteiger charge is 2.68. The number of benzene rings is 2. The lowest BCUT2D eigenvalue weighted by Crippen LogP contribution is -3.16. The summed E-state index contributed by atoms with van der Waals surface area (Å²) in [6.07, 6.45) is 1.84. The van der Waals surface area contributed by atoms with Crippen LogP contribution >= 0.6 is 11.6 Å². The quantitative estimate of drug-likeness (QED) is 0.623. The van der Waals surface area contributed by atoms with Gasteiger partial charge in [0.05, 0.1) is 12.2 Å². The summed E-state index contributed by atoms with van der Waals surface area (Å²) in [5.41, 5.74) is 2.18. The summed E-state index contributed by atoms with van der Waals surface area (Å²) in [7, 11) is 0. The number of carbonyl (C=O) groups excluding carboxylic acids is 3. The first-order valence-electron chi connectivity index (χ1n) is 10.1. The summed E-state index contributed by atoms with van der Waals surface area (Å²) in [6.45, 7) is 2.81. The summed E-state index contributed by atoms with van der Waals surface area (Å²) >= 11 is 6.09. The van der Waals surface area contributed by atoms with Gasteiger partial charge in [-0.2, -0.15) is 0 Å². The Balaban J connectivity index is 1.55. The van der Waals surface area contributed by atoms with Crippen LogP contribution in [0.15, 0.2) is 48.5 Å². The zero-order chi connectivity index (χ0) is 20.3. The van der Waals surface area contributed by atoms with E-state index in [-0.39, 0.29) is 23.6 Å². The molecule has 5 nitrogen and oxygen atoms in total. The summed E-state index contributed by atoms with van der Waals surface area (Å²) in [6, 6.07) is 13.8. The third-order valence-electron chi connectivity index (χ3n) is 6.73. The fourth-order valence-corrected chi connectivity index (χ4v) is 5.69. The van der Waals surface area contributed by atoms with E-state index in [1.54, 1.807) is 24.3 Å². The van der Waals surface area contributed by atoms with Crippen LogP contribution in [-0.4, -0.2) is 36.2 Å². The molecule has 3 aliphatic rings. The van der Waals surface area contributed by atoms with E-state index in [9.17, 15) is 14.4 Å². The fraction of sp³-hybridized carbons (Fsp3) is 0.348. The van der Waals surface area contributed by atoms with Gasteiger partial charge in [0.2, 0.25) is 17.6 Å². The second-order valence-electron chi connectivity index (χ2n) is 8.32. The molecule has 1 unspecified atom stereocenters. The number of carbonyl (C=O) groups is 3. The van der Waals surface area contributed by atoms with E-state index in [0.717, 1.165) is 29.8 Å². The number of rotatable bonds is 3. The Hall–Kier alpha value is -2.50. The van der Waals surface area contributed by atoms with Gasteiger partial charge in [-0.25, -0.2) is 4.90 Å². The first-order chi connectivity index (χ1) is 14.0. The Labute approximate surface area is 174 Å². The minimum atomic E-state index is -0.601. The molecule has 5 rings (SSSR count). The Morgan fingerprint density at radius 3 is 2.52 bits per heavy atom. The van der Waals surface area contributed by atoms with E-state index in [2.05, 4.69) is 0 Å². The zero-order valence-electron chi connectivity index (χ0n) is 16.1. The second-order valence-corrected chi connectivity index (χ2v) is 8.76. The van der Waals surface area contributed by atoms with Gasteiger partial charge in [0.1, 0.15) is 17.9 Å². The van der Waals surface area contributed by atoms with Crippen LogP contribution in [0.3, 0.4) is 0 Å². The molecular weight excluding hydrogens is 388 g/mol. The molecular formula is C23H22ClN2O3+. The summed E-state index contributed by atoms with van der Waals surface area (Å²) in [5, 5.41) is 0.473. The topological polar surface area (TPSA) is 58.9 Å². The third-order valence-corrected chi connectivity index (χ3v) is 6.97. The Morgan fingerprint density at radius 2 is 1.79 bits per heavy atom. The van der Waals surface area contributed by atoms with Gasteiger partial charge in [-0.05, 0) is 25.1 Å². The Bertz CT molecular complexity index is 1020. The highest BCUT2D eigenvalue weighted by atomic mass is 35.5. The van der Waals surface area contributed by atoms with Crippen molar-refractivity contribution in [2.24, 2.45) is 11.8 Å². The molecule has 3 heterocycles. The van der Waals surface area contributed by atoms with E-state index in [1.165, 1.54) is 4.90 Å². The number of hydrogen-bond acceptors (Lipinski definition) is 3. The number of quaternary nitrogens is 1. The van der Waals surface area contributed by atoms with Crippen molar-refractivity contribution in [3.05, 3.63) is 64.7 Å². The van der Waals surface area contributed by atoms with Gasteiger partial charge in [-0.15, -0.1) is 0 Å². The van der Waals surface area contributed by atoms with Crippen LogP contribution < -0.4 is 9.80 Å². The first-order valence-corrected chi connectivity index (χ1v) is 10.4. The molecule has 0 aliphatic carbocycles. The number of nitrogens with zero attached hydrogens (tertiary/aromatic N) is 1. The maximum Gasteiger partial charge on any atom is 0.244 e. The van der Waals surface area contributed by atoms with Crippen molar-refractivity contribution in [1.29, 1.82) is 0 Å². The van der Waals surface area contributed by atoms with Crippen molar-refractivity contribution in [2.75, 3.05) is 11.4 Å². The molecule has 3 fully saturated rings. The highest BCUT2D eigenvalue weighted by molar-refractivity contribution is 6.31. The van der Waals surface area contributed by atoms with Crippen molar-refractivity contribution in [1.82, 2.24) is 0 Å². The third kappa shape index (κ3) is 2.75. The summed E-state index contributed by atoms with van der Waals surface area (Å²) in [4.78, 5) is 42.6. The predicted octanol–water partition coefficient (Wildman–Crippen LogP) is 2.07. The second kappa shape index (κ2) is 6.78. The van der Waals surface area contributed by atoms with E-state index in [1.807, 2.05) is 31.2 Å². The molecule has 148 valence electrons. The number of nitrogens with one attached hydrogen (secondary N) is 1. The van der Waals surface area contributed by atoms with Gasteiger partial charge in [0.15, 0.2) is 6.04 Å². The van der Waals surface area contributed by atoms with Crippen LogP contribution in [0.1, 0.15) is 28.8 Å².